The van der Waals surface area contributed by atoms with Gasteiger partial charge in [0.25, 0.3) is 0 Å². The summed E-state index contributed by atoms with van der Waals surface area (Å²) in [5.74, 6) is 2.29. The van der Waals surface area contributed by atoms with Gasteiger partial charge in [0.2, 0.25) is 0 Å². The fraction of sp³-hybridized carbons (Fsp3) is 0.619. The molecule has 32 heavy (non-hydrogen) atoms. The van der Waals surface area contributed by atoms with Crippen molar-refractivity contribution in [2.45, 2.75) is 69.8 Å². The van der Waals surface area contributed by atoms with Gasteiger partial charge in [0.05, 0.1) is 6.33 Å². The van der Waals surface area contributed by atoms with Crippen molar-refractivity contribution in [1.82, 2.24) is 24.8 Å². The lowest BCUT2D eigenvalue weighted by molar-refractivity contribution is -0.0909. The molecule has 1 fully saturated rings. The number of hydrogen-bond donors (Lipinski definition) is 3. The molecule has 0 bridgehead atoms. The number of anilines is 1. The largest absolute Gasteiger partial charge is 0.445 e. The number of amides is 1. The molecule has 11 heteroatoms. The van der Waals surface area contributed by atoms with Crippen molar-refractivity contribution in [3.05, 3.63) is 12.4 Å². The third-order valence-corrected chi connectivity index (χ3v) is 5.50. The van der Waals surface area contributed by atoms with Crippen LogP contribution in [0.1, 0.15) is 58.1 Å². The molecule has 2 aromatic rings. The molecule has 2 aromatic heterocycles. The Balaban J connectivity index is 1.56. The van der Waals surface area contributed by atoms with Gasteiger partial charge in [-0.1, -0.05) is 44.9 Å². The number of aliphatic hydroxyl groups is 1. The van der Waals surface area contributed by atoms with Crippen molar-refractivity contribution in [3.8, 4) is 12.3 Å². The monoisotopic (exact) mass is 448 g/mol. The molecule has 10 nitrogen and oxygen atoms in total. The zero-order valence-electron chi connectivity index (χ0n) is 18.1. The van der Waals surface area contributed by atoms with Gasteiger partial charge in [0.15, 0.2) is 22.6 Å². The Labute approximate surface area is 185 Å². The Morgan fingerprint density at radius 2 is 2.19 bits per heavy atom. The summed E-state index contributed by atoms with van der Waals surface area (Å²) in [7, 11) is 0. The van der Waals surface area contributed by atoms with Crippen LogP contribution in [0.5, 0.6) is 0 Å². The van der Waals surface area contributed by atoms with E-state index >= 15 is 0 Å². The van der Waals surface area contributed by atoms with E-state index in [4.69, 9.17) is 21.6 Å². The molecule has 0 unspecified atom stereocenters. The van der Waals surface area contributed by atoms with Crippen LogP contribution in [0.15, 0.2) is 6.33 Å². The van der Waals surface area contributed by atoms with E-state index in [-0.39, 0.29) is 30.0 Å². The zero-order chi connectivity index (χ0) is 23.1. The van der Waals surface area contributed by atoms with Crippen LogP contribution in [0.4, 0.5) is 15.0 Å². The van der Waals surface area contributed by atoms with Crippen molar-refractivity contribution in [1.29, 1.82) is 0 Å². The van der Waals surface area contributed by atoms with E-state index in [1.165, 1.54) is 30.2 Å². The molecule has 0 aliphatic carbocycles. The number of hydrogen-bond acceptors (Lipinski definition) is 8. The molecule has 3 heterocycles. The van der Waals surface area contributed by atoms with Gasteiger partial charge in [-0.3, -0.25) is 4.57 Å². The molecule has 3 atom stereocenters. The molecule has 1 saturated heterocycles. The van der Waals surface area contributed by atoms with Crippen LogP contribution in [-0.2, 0) is 9.47 Å². The number of nitrogens with two attached hydrogens (primary N) is 1. The van der Waals surface area contributed by atoms with Gasteiger partial charge in [0, 0.05) is 13.0 Å². The molecule has 0 radical (unpaired) electrons. The summed E-state index contributed by atoms with van der Waals surface area (Å²) in [5, 5.41) is 13.2. The first-order valence-corrected chi connectivity index (χ1v) is 10.8. The third-order valence-electron chi connectivity index (χ3n) is 5.50. The Morgan fingerprint density at radius 3 is 2.94 bits per heavy atom. The first-order valence-electron chi connectivity index (χ1n) is 10.8. The predicted molar refractivity (Wildman–Crippen MR) is 115 cm³/mol. The van der Waals surface area contributed by atoms with Crippen LogP contribution in [0, 0.1) is 18.4 Å². The number of unbranched alkanes of at least 4 members (excludes halogenated alkanes) is 5. The maximum Gasteiger partial charge on any atom is 0.407 e. The van der Waals surface area contributed by atoms with Crippen LogP contribution >= 0.6 is 0 Å². The number of nitrogen functional groups attached to an aromatic ring is 1. The number of halogens is 1. The molecule has 3 rings (SSSR count). The Bertz CT molecular complexity index is 977. The molecule has 174 valence electrons. The summed E-state index contributed by atoms with van der Waals surface area (Å²) >= 11 is 0. The van der Waals surface area contributed by atoms with E-state index in [0.29, 0.717) is 6.54 Å². The average Bonchev–Trinajstić information content (AvgIpc) is 3.33. The predicted octanol–water partition coefficient (Wildman–Crippen LogP) is 2.29. The number of aromatic nitrogens is 4. The highest BCUT2D eigenvalue weighted by molar-refractivity contribution is 5.81. The van der Waals surface area contributed by atoms with Crippen molar-refractivity contribution >= 4 is 23.1 Å². The number of imidazole rings is 1. The maximum atomic E-state index is 13.6. The highest BCUT2D eigenvalue weighted by Crippen LogP contribution is 2.38. The number of terminal acetylenes is 1. The van der Waals surface area contributed by atoms with Gasteiger partial charge < -0.3 is 25.6 Å². The third kappa shape index (κ3) is 5.26. The van der Waals surface area contributed by atoms with Crippen molar-refractivity contribution < 1.29 is 23.8 Å². The van der Waals surface area contributed by atoms with Crippen LogP contribution in [0.2, 0.25) is 0 Å². The molecular formula is C21H29FN6O4. The first kappa shape index (κ1) is 23.7. The highest BCUT2D eigenvalue weighted by Gasteiger charge is 2.49. The minimum Gasteiger partial charge on any atom is -0.445 e. The van der Waals surface area contributed by atoms with Crippen LogP contribution in [0.25, 0.3) is 11.2 Å². The van der Waals surface area contributed by atoms with Crippen LogP contribution in [0.3, 0.4) is 0 Å². The SMILES string of the molecule is C#C[C@]1(COC(=O)NCCCCCCCC)O[C@@H](n2cnc3c(N)nc(F)nc32)C[C@@H]1O. The van der Waals surface area contributed by atoms with Gasteiger partial charge in [-0.2, -0.15) is 14.4 Å². The smallest absolute Gasteiger partial charge is 0.407 e. The number of nitrogens with one attached hydrogen (secondary N) is 1. The summed E-state index contributed by atoms with van der Waals surface area (Å²) < 4.78 is 26.1. The van der Waals surface area contributed by atoms with Crippen LogP contribution < -0.4 is 11.1 Å². The fourth-order valence-electron chi connectivity index (χ4n) is 3.66. The number of nitrogens with zero attached hydrogens (tertiary/aromatic N) is 4. The minimum atomic E-state index is -1.56. The Hall–Kier alpha value is -2.97. The second kappa shape index (κ2) is 10.6. The lowest BCUT2D eigenvalue weighted by Gasteiger charge is -2.26. The van der Waals surface area contributed by atoms with E-state index in [2.05, 4.69) is 33.1 Å². The number of rotatable bonds is 10. The minimum absolute atomic E-state index is 0.0595. The maximum absolute atomic E-state index is 13.6. The topological polar surface area (TPSA) is 137 Å². The average molecular weight is 448 g/mol. The lowest BCUT2D eigenvalue weighted by atomic mass is 9.99. The van der Waals surface area contributed by atoms with Gasteiger partial charge >= 0.3 is 12.2 Å². The number of fused-ring (bicyclic) bond motifs is 1. The van der Waals surface area contributed by atoms with E-state index in [1.54, 1.807) is 0 Å². The lowest BCUT2D eigenvalue weighted by Crippen LogP contribution is -2.44. The van der Waals surface area contributed by atoms with Crippen LogP contribution in [-0.4, -0.2) is 55.6 Å². The standard InChI is InChI=1S/C21H29FN6O4/c1-3-5-6-7-8-9-10-24-20(30)31-12-21(4-2)14(29)11-15(32-21)28-13-25-16-17(23)26-19(22)27-18(16)28/h2,13-15,29H,3,5-12H2,1H3,(H,24,30)(H2,23,26,27)/t14-,15+,21+/m0/s1. The zero-order valence-corrected chi connectivity index (χ0v) is 18.1. The summed E-state index contributed by atoms with van der Waals surface area (Å²) in [6, 6.07) is 0. The van der Waals surface area contributed by atoms with E-state index in [9.17, 15) is 14.3 Å². The normalized spacial score (nSPS) is 22.7. The highest BCUT2D eigenvalue weighted by atomic mass is 19.1. The van der Waals surface area contributed by atoms with Gasteiger partial charge in [0.1, 0.15) is 18.9 Å². The molecular weight excluding hydrogens is 419 g/mol. The summed E-state index contributed by atoms with van der Waals surface area (Å²) in [6.45, 7) is 2.31. The van der Waals surface area contributed by atoms with Crippen molar-refractivity contribution in [2.75, 3.05) is 18.9 Å². The van der Waals surface area contributed by atoms with Gasteiger partial charge in [-0.15, -0.1) is 6.42 Å². The Morgan fingerprint density at radius 1 is 1.44 bits per heavy atom. The molecule has 1 aliphatic rings. The van der Waals surface area contributed by atoms with E-state index < -0.39 is 30.1 Å². The molecule has 1 aliphatic heterocycles. The summed E-state index contributed by atoms with van der Waals surface area (Å²) in [4.78, 5) is 23.3. The number of carbonyl (C=O) groups excluding carboxylic acids is 1. The Kier molecular flexibility index (Phi) is 7.82. The molecule has 1 amide bonds. The van der Waals surface area contributed by atoms with Crippen molar-refractivity contribution in [3.63, 3.8) is 0 Å². The number of aliphatic hydroxyl groups excluding tert-OH is 1. The number of ether oxygens (including phenoxy) is 2. The number of alkyl carbamates (subject to hydrolysis) is 1. The second-order valence-electron chi connectivity index (χ2n) is 7.83. The summed E-state index contributed by atoms with van der Waals surface area (Å²) in [6.07, 6.45) is 10.1. The first-order chi connectivity index (χ1) is 15.4. The fourth-order valence-corrected chi connectivity index (χ4v) is 3.66. The van der Waals surface area contributed by atoms with Gasteiger partial charge in [-0.25, -0.2) is 9.78 Å². The molecule has 4 N–H and O–H groups in total. The molecule has 0 spiro atoms. The second-order valence-corrected chi connectivity index (χ2v) is 7.83. The van der Waals surface area contributed by atoms with Gasteiger partial charge in [-0.05, 0) is 6.42 Å². The summed E-state index contributed by atoms with van der Waals surface area (Å²) in [5.41, 5.74) is 4.43. The van der Waals surface area contributed by atoms with Crippen molar-refractivity contribution in [2.24, 2.45) is 0 Å². The molecule has 0 saturated carbocycles. The number of carbonyl (C=O) groups is 1. The van der Waals surface area contributed by atoms with E-state index in [0.717, 1.165) is 19.3 Å². The van der Waals surface area contributed by atoms with E-state index in [1.807, 2.05) is 0 Å². The molecule has 0 aromatic carbocycles. The quantitative estimate of drug-likeness (QED) is 0.286.